The molecule has 0 amide bonds. The lowest BCUT2D eigenvalue weighted by atomic mass is 9.65. The summed E-state index contributed by atoms with van der Waals surface area (Å²) < 4.78 is 0. The highest BCUT2D eigenvalue weighted by molar-refractivity contribution is 5.88. The van der Waals surface area contributed by atoms with Crippen LogP contribution < -0.4 is 4.90 Å². The molecule has 50 heavy (non-hydrogen) atoms. The zero-order valence-electron chi connectivity index (χ0n) is 27.9. The van der Waals surface area contributed by atoms with Crippen molar-refractivity contribution in [3.05, 3.63) is 228 Å². The minimum Gasteiger partial charge on any atom is -0.311 e. The van der Waals surface area contributed by atoms with E-state index in [-0.39, 0.29) is 5.41 Å². The first-order valence-electron chi connectivity index (χ1n) is 17.9. The smallest absolute Gasteiger partial charge is 0.0538 e. The Morgan fingerprint density at radius 1 is 0.520 bits per heavy atom. The number of allylic oxidation sites excluding steroid dienone is 7. The second-order valence-electron chi connectivity index (χ2n) is 14.0. The van der Waals surface area contributed by atoms with Gasteiger partial charge in [0.1, 0.15) is 0 Å². The summed E-state index contributed by atoms with van der Waals surface area (Å²) in [4.78, 5) is 2.47. The van der Waals surface area contributed by atoms with Gasteiger partial charge < -0.3 is 4.90 Å². The maximum Gasteiger partial charge on any atom is 0.0538 e. The van der Waals surface area contributed by atoms with Crippen LogP contribution >= 0.6 is 0 Å². The predicted molar refractivity (Wildman–Crippen MR) is 208 cm³/mol. The normalized spacial score (nSPS) is 22.1. The van der Waals surface area contributed by atoms with Crippen molar-refractivity contribution in [3.63, 3.8) is 0 Å². The van der Waals surface area contributed by atoms with Crippen LogP contribution in [0.2, 0.25) is 0 Å². The van der Waals surface area contributed by atoms with E-state index in [0.717, 1.165) is 12.1 Å². The second-order valence-corrected chi connectivity index (χ2v) is 14.0. The van der Waals surface area contributed by atoms with Crippen molar-refractivity contribution >= 4 is 11.4 Å². The number of hydrogen-bond donors (Lipinski definition) is 0. The summed E-state index contributed by atoms with van der Waals surface area (Å²) in [6.07, 6.45) is 17.5. The number of nitrogens with zero attached hydrogens (tertiary/aromatic N) is 1. The molecule has 6 aromatic rings. The van der Waals surface area contributed by atoms with Crippen LogP contribution in [0.25, 0.3) is 22.3 Å². The van der Waals surface area contributed by atoms with E-state index < -0.39 is 0 Å². The predicted octanol–water partition coefficient (Wildman–Crippen LogP) is 12.3. The van der Waals surface area contributed by atoms with Crippen molar-refractivity contribution in [1.29, 1.82) is 0 Å². The van der Waals surface area contributed by atoms with E-state index in [1.54, 1.807) is 0 Å². The summed E-state index contributed by atoms with van der Waals surface area (Å²) in [7, 11) is 0. The van der Waals surface area contributed by atoms with Crippen molar-refractivity contribution in [2.45, 2.75) is 23.7 Å². The van der Waals surface area contributed by atoms with Crippen LogP contribution in [0.5, 0.6) is 0 Å². The maximum atomic E-state index is 2.52. The van der Waals surface area contributed by atoms with E-state index in [2.05, 4.69) is 199 Å². The second kappa shape index (κ2) is 11.6. The number of anilines is 2. The summed E-state index contributed by atoms with van der Waals surface area (Å²) in [6, 6.07) is 56.2. The fourth-order valence-electron chi connectivity index (χ4n) is 9.34. The van der Waals surface area contributed by atoms with Crippen LogP contribution in [0.15, 0.2) is 200 Å². The van der Waals surface area contributed by atoms with Crippen molar-refractivity contribution in [2.75, 3.05) is 4.90 Å². The zero-order valence-corrected chi connectivity index (χ0v) is 27.9. The van der Waals surface area contributed by atoms with E-state index in [1.165, 1.54) is 61.5 Å². The molecule has 1 nitrogen and oxygen atoms in total. The molecule has 0 fully saturated rings. The monoisotopic (exact) mass is 639 g/mol. The van der Waals surface area contributed by atoms with Crippen LogP contribution in [-0.2, 0) is 5.41 Å². The highest BCUT2D eigenvalue weighted by atomic mass is 15.1. The lowest BCUT2D eigenvalue weighted by Crippen LogP contribution is -2.33. The molecule has 0 saturated carbocycles. The lowest BCUT2D eigenvalue weighted by Gasteiger charge is -2.37. The van der Waals surface area contributed by atoms with E-state index in [4.69, 9.17) is 0 Å². The molecule has 238 valence electrons. The molecule has 4 aliphatic carbocycles. The van der Waals surface area contributed by atoms with Crippen LogP contribution in [0, 0.1) is 5.92 Å². The van der Waals surface area contributed by atoms with Gasteiger partial charge in [-0.15, -0.1) is 0 Å². The Morgan fingerprint density at radius 2 is 1.18 bits per heavy atom. The zero-order chi connectivity index (χ0) is 33.1. The molecule has 1 spiro atoms. The van der Waals surface area contributed by atoms with Crippen molar-refractivity contribution in [2.24, 2.45) is 5.92 Å². The van der Waals surface area contributed by atoms with Crippen LogP contribution in [0.1, 0.15) is 46.1 Å². The van der Waals surface area contributed by atoms with E-state index in [0.29, 0.717) is 17.8 Å². The fourth-order valence-corrected chi connectivity index (χ4v) is 9.34. The van der Waals surface area contributed by atoms with Gasteiger partial charge in [0.2, 0.25) is 0 Å². The Hall–Kier alpha value is -5.92. The van der Waals surface area contributed by atoms with Gasteiger partial charge in [-0.1, -0.05) is 164 Å². The molecule has 0 saturated heterocycles. The molecule has 4 aliphatic rings. The molecular formula is C49H37N. The summed E-state index contributed by atoms with van der Waals surface area (Å²) in [6.45, 7) is 0. The molecule has 0 heterocycles. The molecule has 6 aromatic carbocycles. The third-order valence-corrected chi connectivity index (χ3v) is 11.5. The van der Waals surface area contributed by atoms with Gasteiger partial charge in [0.15, 0.2) is 0 Å². The third-order valence-electron chi connectivity index (χ3n) is 11.5. The summed E-state index contributed by atoms with van der Waals surface area (Å²) in [5.41, 5.74) is 15.5. The Morgan fingerprint density at radius 3 is 1.98 bits per heavy atom. The van der Waals surface area contributed by atoms with Gasteiger partial charge in [0, 0.05) is 34.8 Å². The minimum atomic E-state index is -0.261. The van der Waals surface area contributed by atoms with Gasteiger partial charge >= 0.3 is 0 Å². The molecule has 4 atom stereocenters. The molecule has 0 aliphatic heterocycles. The Labute approximate surface area is 294 Å². The highest BCUT2D eigenvalue weighted by Crippen LogP contribution is 2.65. The summed E-state index contributed by atoms with van der Waals surface area (Å²) >= 11 is 0. The van der Waals surface area contributed by atoms with Gasteiger partial charge in [0.05, 0.1) is 5.41 Å². The molecule has 0 aromatic heterocycles. The largest absolute Gasteiger partial charge is 0.311 e. The van der Waals surface area contributed by atoms with E-state index >= 15 is 0 Å². The minimum absolute atomic E-state index is 0.261. The average molecular weight is 640 g/mol. The van der Waals surface area contributed by atoms with Gasteiger partial charge in [0.25, 0.3) is 0 Å². The topological polar surface area (TPSA) is 3.24 Å². The van der Waals surface area contributed by atoms with Gasteiger partial charge in [-0.05, 0) is 86.8 Å². The molecule has 0 bridgehead atoms. The van der Waals surface area contributed by atoms with Gasteiger partial charge in [-0.2, -0.15) is 0 Å². The number of fused-ring (bicyclic) bond motifs is 10. The number of hydrogen-bond acceptors (Lipinski definition) is 1. The summed E-state index contributed by atoms with van der Waals surface area (Å²) in [5, 5.41) is 0. The van der Waals surface area contributed by atoms with E-state index in [1.807, 2.05) is 0 Å². The molecule has 0 N–H and O–H groups in total. The van der Waals surface area contributed by atoms with Crippen molar-refractivity contribution in [1.82, 2.24) is 0 Å². The van der Waals surface area contributed by atoms with Crippen molar-refractivity contribution in [3.8, 4) is 22.3 Å². The molecule has 1 heteroatoms. The standard InChI is InChI=1S/C49H37N/c1-3-13-34(14-4-1)36-23-27-38(28-24-36)50(39-29-25-37(26-30-39)35-15-5-2-6-16-35)40-31-32-44-43-19-9-12-22-47(43)49(48(44)33-40)45-20-10-7-17-41(45)42-18-8-11-21-46(42)49/h1-25,27-33,37,41,45H,26H2. The Kier molecular flexibility index (Phi) is 6.74. The van der Waals surface area contributed by atoms with Crippen LogP contribution in [-0.4, -0.2) is 0 Å². The van der Waals surface area contributed by atoms with Crippen LogP contribution in [0.4, 0.5) is 11.4 Å². The molecular weight excluding hydrogens is 603 g/mol. The molecule has 0 radical (unpaired) electrons. The molecule has 10 rings (SSSR count). The molecule has 4 unspecified atom stereocenters. The number of rotatable bonds is 5. The first-order valence-corrected chi connectivity index (χ1v) is 17.9. The first kappa shape index (κ1) is 29.0. The average Bonchev–Trinajstić information content (AvgIpc) is 3.66. The van der Waals surface area contributed by atoms with E-state index in [9.17, 15) is 0 Å². The first-order chi connectivity index (χ1) is 24.8. The summed E-state index contributed by atoms with van der Waals surface area (Å²) in [5.74, 6) is 1.03. The quantitative estimate of drug-likeness (QED) is 0.181. The SMILES string of the molecule is C1=CC2c3ccccc3C3(c4ccccc4-c4ccc(N(C5=CCC(c6ccccc6)C=C5)c5ccc(-c6ccccc6)cc5)cc43)C2C=C1. The Bertz CT molecular complexity index is 2360. The highest BCUT2D eigenvalue weighted by Gasteiger charge is 2.57. The maximum absolute atomic E-state index is 2.52. The van der Waals surface area contributed by atoms with Gasteiger partial charge in [-0.25, -0.2) is 0 Å². The fraction of sp³-hybridized carbons (Fsp3) is 0.102. The Balaban J connectivity index is 1.15. The van der Waals surface area contributed by atoms with Gasteiger partial charge in [-0.3, -0.25) is 0 Å². The lowest BCUT2D eigenvalue weighted by molar-refractivity contribution is 0.465. The van der Waals surface area contributed by atoms with Crippen LogP contribution in [0.3, 0.4) is 0 Å². The number of benzene rings is 6. The third kappa shape index (κ3) is 4.33. The van der Waals surface area contributed by atoms with Crippen molar-refractivity contribution < 1.29 is 0 Å².